The van der Waals surface area contributed by atoms with Gasteiger partial charge in [0.15, 0.2) is 16.6 Å². The minimum absolute atomic E-state index is 0.0768. The third-order valence-electron chi connectivity index (χ3n) is 4.01. The molecule has 1 atom stereocenters. The van der Waals surface area contributed by atoms with E-state index in [9.17, 15) is 22.4 Å². The van der Waals surface area contributed by atoms with Crippen molar-refractivity contribution in [3.8, 4) is 5.69 Å². The number of hydrogen-bond donors (Lipinski definition) is 0. The van der Waals surface area contributed by atoms with Crippen molar-refractivity contribution in [1.82, 2.24) is 19.5 Å². The van der Waals surface area contributed by atoms with Crippen LogP contribution in [-0.4, -0.2) is 25.7 Å². The van der Waals surface area contributed by atoms with Crippen LogP contribution in [0.1, 0.15) is 24.1 Å². The summed E-state index contributed by atoms with van der Waals surface area (Å²) >= 11 is 11.6. The van der Waals surface area contributed by atoms with Crippen molar-refractivity contribution in [1.29, 1.82) is 0 Å². The third kappa shape index (κ3) is 3.37. The number of pyridine rings is 2. The number of alkyl halides is 3. The molecule has 0 radical (unpaired) electrons. The van der Waals surface area contributed by atoms with Gasteiger partial charge in [-0.15, -0.1) is 0 Å². The third-order valence-corrected chi connectivity index (χ3v) is 4.56. The minimum atomic E-state index is -4.61. The number of halogens is 6. The summed E-state index contributed by atoms with van der Waals surface area (Å²) in [5.41, 5.74) is -1.47. The van der Waals surface area contributed by atoms with E-state index in [1.54, 1.807) is 0 Å². The first kappa shape index (κ1) is 19.5. The minimum Gasteiger partial charge on any atom is -0.258 e. The van der Waals surface area contributed by atoms with Crippen molar-refractivity contribution in [2.24, 2.45) is 0 Å². The standard InChI is InChI=1S/C16H10Cl2F4N4O/c1-6-3-4-23-10(7(2)16(20,21)22)11(6)26-14-8(12(17)25-15(26)27)5-9(19)13(18)24-14/h3-5,7H,1-2H3/t7-/m1/s1. The lowest BCUT2D eigenvalue weighted by atomic mass is 10.0. The van der Waals surface area contributed by atoms with Crippen LogP contribution in [0.25, 0.3) is 16.7 Å². The second-order valence-electron chi connectivity index (χ2n) is 5.78. The highest BCUT2D eigenvalue weighted by molar-refractivity contribution is 6.34. The monoisotopic (exact) mass is 420 g/mol. The topological polar surface area (TPSA) is 60.7 Å². The predicted molar refractivity (Wildman–Crippen MR) is 92.1 cm³/mol. The zero-order chi connectivity index (χ0) is 20.1. The number of fused-ring (bicyclic) bond motifs is 1. The molecule has 0 aliphatic carbocycles. The first-order valence-electron chi connectivity index (χ1n) is 7.49. The van der Waals surface area contributed by atoms with Gasteiger partial charge < -0.3 is 0 Å². The van der Waals surface area contributed by atoms with Crippen molar-refractivity contribution in [3.63, 3.8) is 0 Å². The highest BCUT2D eigenvalue weighted by atomic mass is 35.5. The highest BCUT2D eigenvalue weighted by Crippen LogP contribution is 2.37. The van der Waals surface area contributed by atoms with Crippen LogP contribution in [-0.2, 0) is 0 Å². The van der Waals surface area contributed by atoms with E-state index in [0.717, 1.165) is 17.6 Å². The summed E-state index contributed by atoms with van der Waals surface area (Å²) in [6.45, 7) is 2.42. The second-order valence-corrected chi connectivity index (χ2v) is 6.49. The van der Waals surface area contributed by atoms with Gasteiger partial charge in [0.1, 0.15) is 5.15 Å². The Morgan fingerprint density at radius 2 is 1.85 bits per heavy atom. The van der Waals surface area contributed by atoms with E-state index in [1.807, 2.05) is 0 Å². The highest BCUT2D eigenvalue weighted by Gasteiger charge is 2.40. The van der Waals surface area contributed by atoms with Crippen molar-refractivity contribution in [3.05, 3.63) is 56.2 Å². The second kappa shape index (κ2) is 6.72. The Balaban J connectivity index is 2.48. The molecule has 0 fully saturated rings. The van der Waals surface area contributed by atoms with Crippen molar-refractivity contribution >= 4 is 34.2 Å². The fourth-order valence-electron chi connectivity index (χ4n) is 2.60. The number of aromatic nitrogens is 4. The zero-order valence-corrected chi connectivity index (χ0v) is 15.3. The zero-order valence-electron chi connectivity index (χ0n) is 13.8. The number of rotatable bonds is 2. The van der Waals surface area contributed by atoms with E-state index in [1.165, 1.54) is 19.2 Å². The first-order chi connectivity index (χ1) is 12.5. The Labute approximate surface area is 159 Å². The van der Waals surface area contributed by atoms with Crippen molar-refractivity contribution in [2.75, 3.05) is 0 Å². The number of nitrogens with zero attached hydrogens (tertiary/aromatic N) is 4. The van der Waals surface area contributed by atoms with Gasteiger partial charge in [-0.05, 0) is 31.5 Å². The Morgan fingerprint density at radius 3 is 2.48 bits per heavy atom. The lowest BCUT2D eigenvalue weighted by Gasteiger charge is -2.21. The molecule has 0 saturated heterocycles. The molecule has 0 N–H and O–H groups in total. The fourth-order valence-corrected chi connectivity index (χ4v) is 2.95. The van der Waals surface area contributed by atoms with Crippen LogP contribution in [0.15, 0.2) is 23.1 Å². The Morgan fingerprint density at radius 1 is 1.19 bits per heavy atom. The molecule has 0 spiro atoms. The predicted octanol–water partition coefficient (Wildman–Crippen LogP) is 4.60. The van der Waals surface area contributed by atoms with Gasteiger partial charge in [0.25, 0.3) is 0 Å². The first-order valence-corrected chi connectivity index (χ1v) is 8.25. The summed E-state index contributed by atoms with van der Waals surface area (Å²) in [7, 11) is 0. The molecule has 0 bridgehead atoms. The van der Waals surface area contributed by atoms with E-state index in [2.05, 4.69) is 15.0 Å². The van der Waals surface area contributed by atoms with Crippen molar-refractivity contribution < 1.29 is 17.6 Å². The smallest absolute Gasteiger partial charge is 0.258 e. The van der Waals surface area contributed by atoms with Gasteiger partial charge >= 0.3 is 11.9 Å². The summed E-state index contributed by atoms with van der Waals surface area (Å²) in [4.78, 5) is 23.7. The summed E-state index contributed by atoms with van der Waals surface area (Å²) in [6.07, 6.45) is -3.40. The SMILES string of the molecule is Cc1ccnc([C@@H](C)C(F)(F)F)c1-n1c(=O)nc(Cl)c2cc(F)c(Cl)nc21. The maximum absolute atomic E-state index is 13.8. The average Bonchev–Trinajstić information content (AvgIpc) is 2.56. The van der Waals surface area contributed by atoms with Gasteiger partial charge in [0, 0.05) is 6.20 Å². The number of aryl methyl sites for hydroxylation is 1. The molecule has 3 rings (SSSR count). The maximum Gasteiger partial charge on any atom is 0.397 e. The largest absolute Gasteiger partial charge is 0.397 e. The molecule has 0 aromatic carbocycles. The summed E-state index contributed by atoms with van der Waals surface area (Å²) in [5.74, 6) is -2.90. The summed E-state index contributed by atoms with van der Waals surface area (Å²) < 4.78 is 54.5. The Kier molecular flexibility index (Phi) is 4.85. The van der Waals surface area contributed by atoms with Gasteiger partial charge in [-0.3, -0.25) is 4.98 Å². The van der Waals surface area contributed by atoms with Gasteiger partial charge in [-0.2, -0.15) is 18.2 Å². The molecule has 11 heteroatoms. The molecule has 3 aromatic rings. The van der Waals surface area contributed by atoms with Crippen LogP contribution in [0.2, 0.25) is 10.3 Å². The average molecular weight is 421 g/mol. The molecular formula is C16H10Cl2F4N4O. The van der Waals surface area contributed by atoms with E-state index < -0.39 is 34.4 Å². The lowest BCUT2D eigenvalue weighted by Crippen LogP contribution is -2.28. The fraction of sp³-hybridized carbons (Fsp3) is 0.250. The molecule has 0 aliphatic heterocycles. The van der Waals surface area contributed by atoms with Gasteiger partial charge in [0.05, 0.1) is 22.7 Å². The number of hydrogen-bond acceptors (Lipinski definition) is 4. The van der Waals surface area contributed by atoms with Gasteiger partial charge in [-0.25, -0.2) is 18.7 Å². The maximum atomic E-state index is 13.8. The molecule has 0 aliphatic rings. The Hall–Kier alpha value is -2.26. The molecule has 142 valence electrons. The molecule has 27 heavy (non-hydrogen) atoms. The molecule has 3 aromatic heterocycles. The van der Waals surface area contributed by atoms with Gasteiger partial charge in [0.2, 0.25) is 0 Å². The van der Waals surface area contributed by atoms with E-state index >= 15 is 0 Å². The molecule has 5 nitrogen and oxygen atoms in total. The molecule has 0 unspecified atom stereocenters. The quantitative estimate of drug-likeness (QED) is 0.345. The van der Waals surface area contributed by atoms with Crippen LogP contribution in [0.5, 0.6) is 0 Å². The molecule has 0 saturated carbocycles. The van der Waals surface area contributed by atoms with Crippen LogP contribution in [0, 0.1) is 12.7 Å². The van der Waals surface area contributed by atoms with Crippen LogP contribution < -0.4 is 5.69 Å². The van der Waals surface area contributed by atoms with E-state index in [0.29, 0.717) is 5.56 Å². The van der Waals surface area contributed by atoms with Crippen molar-refractivity contribution in [2.45, 2.75) is 25.9 Å². The molecule has 0 amide bonds. The molecular weight excluding hydrogens is 411 g/mol. The van der Waals surface area contributed by atoms with Crippen LogP contribution >= 0.6 is 23.2 Å². The van der Waals surface area contributed by atoms with E-state index in [-0.39, 0.29) is 21.9 Å². The van der Waals surface area contributed by atoms with Crippen LogP contribution in [0.4, 0.5) is 17.6 Å². The Bertz CT molecular complexity index is 1110. The van der Waals surface area contributed by atoms with Gasteiger partial charge in [-0.1, -0.05) is 23.2 Å². The van der Waals surface area contributed by atoms with E-state index in [4.69, 9.17) is 23.2 Å². The normalized spacial score (nSPS) is 13.2. The summed E-state index contributed by atoms with van der Waals surface area (Å²) in [6, 6.07) is 2.34. The summed E-state index contributed by atoms with van der Waals surface area (Å²) in [5, 5.41) is -0.988. The lowest BCUT2D eigenvalue weighted by molar-refractivity contribution is -0.147. The van der Waals surface area contributed by atoms with Crippen LogP contribution in [0.3, 0.4) is 0 Å². The molecule has 3 heterocycles.